The van der Waals surface area contributed by atoms with Gasteiger partial charge in [0.15, 0.2) is 6.29 Å². The maximum Gasteiger partial charge on any atom is 0.159 e. The molecule has 0 saturated carbocycles. The van der Waals surface area contributed by atoms with Crippen LogP contribution in [0.2, 0.25) is 0 Å². The Labute approximate surface area is 135 Å². The summed E-state index contributed by atoms with van der Waals surface area (Å²) in [5.74, 6) is 0.860. The largest absolute Gasteiger partial charge is 0.496 e. The van der Waals surface area contributed by atoms with Gasteiger partial charge >= 0.3 is 0 Å². The number of halogens is 1. The van der Waals surface area contributed by atoms with Crippen molar-refractivity contribution in [3.63, 3.8) is 0 Å². The quantitative estimate of drug-likeness (QED) is 0.775. The third kappa shape index (κ3) is 5.25. The van der Waals surface area contributed by atoms with Gasteiger partial charge in [-0.2, -0.15) is 0 Å². The molecule has 1 N–H and O–H groups in total. The van der Waals surface area contributed by atoms with E-state index in [1.165, 1.54) is 5.56 Å². The molecule has 2 rings (SSSR count). The Bertz CT molecular complexity index is 436. The van der Waals surface area contributed by atoms with E-state index in [4.69, 9.17) is 14.2 Å². The van der Waals surface area contributed by atoms with Crippen molar-refractivity contribution >= 4 is 15.9 Å². The lowest BCUT2D eigenvalue weighted by Gasteiger charge is -2.21. The van der Waals surface area contributed by atoms with Crippen LogP contribution in [0.15, 0.2) is 22.7 Å². The van der Waals surface area contributed by atoms with Gasteiger partial charge in [0.05, 0.1) is 24.8 Å². The Balaban J connectivity index is 1.97. The standard InChI is InChI=1S/C16H24BrNO3/c1-3-6-18-13(11-16-20-7-8-21-16)9-12-4-5-15(19-2)14(17)10-12/h4-5,10,13,16,18H,3,6-9,11H2,1-2H3. The number of methoxy groups -OCH3 is 1. The summed E-state index contributed by atoms with van der Waals surface area (Å²) in [7, 11) is 1.68. The number of rotatable bonds is 8. The summed E-state index contributed by atoms with van der Waals surface area (Å²) in [6.07, 6.45) is 2.88. The van der Waals surface area contributed by atoms with E-state index in [0.717, 1.165) is 36.0 Å². The third-order valence-corrected chi connectivity index (χ3v) is 4.17. The summed E-state index contributed by atoms with van der Waals surface area (Å²) < 4.78 is 17.4. The van der Waals surface area contributed by atoms with Crippen molar-refractivity contribution in [2.75, 3.05) is 26.9 Å². The fourth-order valence-electron chi connectivity index (χ4n) is 2.48. The van der Waals surface area contributed by atoms with Gasteiger partial charge in [0.1, 0.15) is 5.75 Å². The first kappa shape index (κ1) is 16.7. The zero-order valence-electron chi connectivity index (χ0n) is 12.7. The van der Waals surface area contributed by atoms with Crippen LogP contribution in [0.3, 0.4) is 0 Å². The van der Waals surface area contributed by atoms with E-state index < -0.39 is 0 Å². The first-order valence-corrected chi connectivity index (χ1v) is 8.31. The van der Waals surface area contributed by atoms with E-state index in [9.17, 15) is 0 Å². The van der Waals surface area contributed by atoms with E-state index in [1.807, 2.05) is 6.07 Å². The fourth-order valence-corrected chi connectivity index (χ4v) is 3.07. The fraction of sp³-hybridized carbons (Fsp3) is 0.625. The minimum absolute atomic E-state index is 0.0685. The van der Waals surface area contributed by atoms with Crippen LogP contribution in [0.4, 0.5) is 0 Å². The van der Waals surface area contributed by atoms with Gasteiger partial charge in [0.25, 0.3) is 0 Å². The van der Waals surface area contributed by atoms with Crippen molar-refractivity contribution in [2.24, 2.45) is 0 Å². The highest BCUT2D eigenvalue weighted by molar-refractivity contribution is 9.10. The molecule has 0 spiro atoms. The van der Waals surface area contributed by atoms with Crippen LogP contribution in [0, 0.1) is 0 Å². The van der Waals surface area contributed by atoms with E-state index in [0.29, 0.717) is 19.3 Å². The van der Waals surface area contributed by atoms with Crippen molar-refractivity contribution < 1.29 is 14.2 Å². The first-order chi connectivity index (χ1) is 10.2. The molecule has 1 heterocycles. The highest BCUT2D eigenvalue weighted by atomic mass is 79.9. The molecule has 0 amide bonds. The predicted octanol–water partition coefficient (Wildman–Crippen LogP) is 3.13. The molecule has 21 heavy (non-hydrogen) atoms. The van der Waals surface area contributed by atoms with E-state index in [-0.39, 0.29) is 6.29 Å². The average molecular weight is 358 g/mol. The summed E-state index contributed by atoms with van der Waals surface area (Å²) in [6, 6.07) is 6.59. The second-order valence-corrected chi connectivity index (χ2v) is 6.09. The Morgan fingerprint density at radius 2 is 2.14 bits per heavy atom. The lowest BCUT2D eigenvalue weighted by molar-refractivity contribution is -0.0526. The second-order valence-electron chi connectivity index (χ2n) is 5.23. The number of hydrogen-bond donors (Lipinski definition) is 1. The molecule has 4 nitrogen and oxygen atoms in total. The molecule has 5 heteroatoms. The van der Waals surface area contributed by atoms with Crippen LogP contribution in [0.1, 0.15) is 25.3 Å². The zero-order valence-corrected chi connectivity index (χ0v) is 14.3. The maximum absolute atomic E-state index is 5.57. The molecule has 0 aromatic heterocycles. The SMILES string of the molecule is CCCNC(Cc1ccc(OC)c(Br)c1)CC1OCCO1. The molecule has 1 saturated heterocycles. The van der Waals surface area contributed by atoms with Gasteiger partial charge in [-0.1, -0.05) is 13.0 Å². The molecule has 1 aromatic carbocycles. The normalized spacial score (nSPS) is 17.1. The van der Waals surface area contributed by atoms with E-state index in [2.05, 4.69) is 40.3 Å². The van der Waals surface area contributed by atoms with Crippen molar-refractivity contribution in [3.8, 4) is 5.75 Å². The lowest BCUT2D eigenvalue weighted by Crippen LogP contribution is -2.35. The number of ether oxygens (including phenoxy) is 3. The van der Waals surface area contributed by atoms with Crippen molar-refractivity contribution in [2.45, 2.75) is 38.5 Å². The van der Waals surface area contributed by atoms with Gasteiger partial charge < -0.3 is 19.5 Å². The molecule has 1 aliphatic heterocycles. The predicted molar refractivity (Wildman–Crippen MR) is 86.8 cm³/mol. The summed E-state index contributed by atoms with van der Waals surface area (Å²) >= 11 is 3.54. The maximum atomic E-state index is 5.57. The Kier molecular flexibility index (Phi) is 6.96. The van der Waals surface area contributed by atoms with Gasteiger partial charge in [-0.25, -0.2) is 0 Å². The molecule has 0 aliphatic carbocycles. The summed E-state index contributed by atoms with van der Waals surface area (Å²) in [5.41, 5.74) is 1.27. The van der Waals surface area contributed by atoms with E-state index in [1.54, 1.807) is 7.11 Å². The highest BCUT2D eigenvalue weighted by Gasteiger charge is 2.21. The molecule has 0 bridgehead atoms. The van der Waals surface area contributed by atoms with Gasteiger partial charge in [0.2, 0.25) is 0 Å². The first-order valence-electron chi connectivity index (χ1n) is 7.52. The molecule has 1 aliphatic rings. The number of benzene rings is 1. The average Bonchev–Trinajstić information content (AvgIpc) is 2.98. The molecular formula is C16H24BrNO3. The Hall–Kier alpha value is -0.620. The molecule has 1 aromatic rings. The highest BCUT2D eigenvalue weighted by Crippen LogP contribution is 2.26. The third-order valence-electron chi connectivity index (χ3n) is 3.55. The van der Waals surface area contributed by atoms with E-state index >= 15 is 0 Å². The van der Waals surface area contributed by atoms with Gasteiger partial charge in [-0.05, 0) is 53.0 Å². The van der Waals surface area contributed by atoms with Crippen molar-refractivity contribution in [1.82, 2.24) is 5.32 Å². The summed E-state index contributed by atoms with van der Waals surface area (Å²) in [6.45, 7) is 4.60. The number of nitrogens with one attached hydrogen (secondary N) is 1. The van der Waals surface area contributed by atoms with Crippen LogP contribution in [-0.4, -0.2) is 39.2 Å². The second kappa shape index (κ2) is 8.73. The van der Waals surface area contributed by atoms with Gasteiger partial charge in [-0.3, -0.25) is 0 Å². The Morgan fingerprint density at radius 3 is 2.76 bits per heavy atom. The monoisotopic (exact) mass is 357 g/mol. The molecule has 118 valence electrons. The Morgan fingerprint density at radius 1 is 1.38 bits per heavy atom. The molecule has 0 radical (unpaired) electrons. The molecule has 1 fully saturated rings. The summed E-state index contributed by atoms with van der Waals surface area (Å²) in [5, 5.41) is 3.59. The van der Waals surface area contributed by atoms with Crippen LogP contribution in [-0.2, 0) is 15.9 Å². The molecule has 1 atom stereocenters. The van der Waals surface area contributed by atoms with Crippen LogP contribution < -0.4 is 10.1 Å². The van der Waals surface area contributed by atoms with Crippen LogP contribution >= 0.6 is 15.9 Å². The van der Waals surface area contributed by atoms with Crippen molar-refractivity contribution in [1.29, 1.82) is 0 Å². The number of hydrogen-bond acceptors (Lipinski definition) is 4. The lowest BCUT2D eigenvalue weighted by atomic mass is 10.0. The van der Waals surface area contributed by atoms with Crippen LogP contribution in [0.25, 0.3) is 0 Å². The van der Waals surface area contributed by atoms with Crippen molar-refractivity contribution in [3.05, 3.63) is 28.2 Å². The minimum atomic E-state index is -0.0685. The van der Waals surface area contributed by atoms with Gasteiger partial charge in [-0.15, -0.1) is 0 Å². The van der Waals surface area contributed by atoms with Gasteiger partial charge in [0, 0.05) is 12.5 Å². The van der Waals surface area contributed by atoms with Crippen LogP contribution in [0.5, 0.6) is 5.75 Å². The minimum Gasteiger partial charge on any atom is -0.496 e. The molecular weight excluding hydrogens is 334 g/mol. The summed E-state index contributed by atoms with van der Waals surface area (Å²) in [4.78, 5) is 0. The smallest absolute Gasteiger partial charge is 0.159 e. The molecule has 1 unspecified atom stereocenters. The zero-order chi connectivity index (χ0) is 15.1. The topological polar surface area (TPSA) is 39.7 Å².